The summed E-state index contributed by atoms with van der Waals surface area (Å²) in [6, 6.07) is 8.54. The van der Waals surface area contributed by atoms with E-state index in [1.807, 2.05) is 13.0 Å². The standard InChI is InChI=1S/C18H21NO6/c1-4-23-15-7-5-6-8-16(15)24-11-17(20)19(3)10-13-9-14(18(21)22)12(2)25-13/h5-9H,4,10-11H2,1-3H3,(H,21,22). The Hall–Kier alpha value is -2.96. The lowest BCUT2D eigenvalue weighted by Crippen LogP contribution is -2.30. The molecule has 1 heterocycles. The van der Waals surface area contributed by atoms with E-state index in [4.69, 9.17) is 19.0 Å². The highest BCUT2D eigenvalue weighted by atomic mass is 16.5. The fourth-order valence-electron chi connectivity index (χ4n) is 2.25. The van der Waals surface area contributed by atoms with Crippen LogP contribution in [0.2, 0.25) is 0 Å². The third-order valence-electron chi connectivity index (χ3n) is 3.52. The largest absolute Gasteiger partial charge is 0.490 e. The van der Waals surface area contributed by atoms with E-state index in [9.17, 15) is 9.59 Å². The Morgan fingerprint density at radius 3 is 2.40 bits per heavy atom. The highest BCUT2D eigenvalue weighted by Crippen LogP contribution is 2.26. The maximum Gasteiger partial charge on any atom is 0.339 e. The van der Waals surface area contributed by atoms with Gasteiger partial charge in [0.1, 0.15) is 17.1 Å². The zero-order chi connectivity index (χ0) is 18.4. The fourth-order valence-corrected chi connectivity index (χ4v) is 2.25. The molecule has 0 radical (unpaired) electrons. The molecule has 1 N–H and O–H groups in total. The second-order valence-corrected chi connectivity index (χ2v) is 5.41. The van der Waals surface area contributed by atoms with E-state index in [-0.39, 0.29) is 24.6 Å². The number of aryl methyl sites for hydroxylation is 1. The van der Waals surface area contributed by atoms with Crippen molar-refractivity contribution in [1.82, 2.24) is 4.90 Å². The summed E-state index contributed by atoms with van der Waals surface area (Å²) in [5.74, 6) is 0.460. The number of furan rings is 1. The van der Waals surface area contributed by atoms with Crippen LogP contribution in [0.25, 0.3) is 0 Å². The van der Waals surface area contributed by atoms with Crippen molar-refractivity contribution in [3.05, 3.63) is 47.4 Å². The van der Waals surface area contributed by atoms with E-state index < -0.39 is 5.97 Å². The summed E-state index contributed by atoms with van der Waals surface area (Å²) in [4.78, 5) is 24.7. The van der Waals surface area contributed by atoms with Crippen LogP contribution in [0.3, 0.4) is 0 Å². The highest BCUT2D eigenvalue weighted by Gasteiger charge is 2.17. The Balaban J connectivity index is 1.95. The molecule has 134 valence electrons. The van der Waals surface area contributed by atoms with Gasteiger partial charge in [-0.2, -0.15) is 0 Å². The Labute approximate surface area is 145 Å². The average Bonchev–Trinajstić information content (AvgIpc) is 2.94. The number of para-hydroxylation sites is 2. The molecule has 0 saturated carbocycles. The highest BCUT2D eigenvalue weighted by molar-refractivity contribution is 5.88. The number of hydrogen-bond donors (Lipinski definition) is 1. The zero-order valence-electron chi connectivity index (χ0n) is 14.4. The number of likely N-dealkylation sites (N-methyl/N-ethyl adjacent to an activating group) is 1. The monoisotopic (exact) mass is 347 g/mol. The molecular weight excluding hydrogens is 326 g/mol. The lowest BCUT2D eigenvalue weighted by Gasteiger charge is -2.17. The molecule has 2 aromatic rings. The average molecular weight is 347 g/mol. The van der Waals surface area contributed by atoms with Crippen molar-refractivity contribution in [1.29, 1.82) is 0 Å². The Morgan fingerprint density at radius 2 is 1.84 bits per heavy atom. The molecule has 1 aromatic carbocycles. The number of carbonyl (C=O) groups is 2. The van der Waals surface area contributed by atoms with E-state index in [2.05, 4.69) is 0 Å². The van der Waals surface area contributed by atoms with E-state index in [0.717, 1.165) is 0 Å². The van der Waals surface area contributed by atoms with Crippen LogP contribution in [-0.2, 0) is 11.3 Å². The smallest absolute Gasteiger partial charge is 0.339 e. The van der Waals surface area contributed by atoms with E-state index in [1.165, 1.54) is 11.0 Å². The third kappa shape index (κ3) is 4.76. The molecule has 0 aliphatic rings. The van der Waals surface area contributed by atoms with Crippen molar-refractivity contribution in [3.63, 3.8) is 0 Å². The topological polar surface area (TPSA) is 89.2 Å². The lowest BCUT2D eigenvalue weighted by atomic mass is 10.2. The van der Waals surface area contributed by atoms with Crippen molar-refractivity contribution < 1.29 is 28.6 Å². The summed E-state index contributed by atoms with van der Waals surface area (Å²) in [5, 5.41) is 9.03. The summed E-state index contributed by atoms with van der Waals surface area (Å²) in [5.41, 5.74) is 0.0951. The van der Waals surface area contributed by atoms with Gasteiger partial charge in [0.05, 0.1) is 13.2 Å². The second-order valence-electron chi connectivity index (χ2n) is 5.41. The molecule has 0 saturated heterocycles. The summed E-state index contributed by atoms with van der Waals surface area (Å²) >= 11 is 0. The van der Waals surface area contributed by atoms with Gasteiger partial charge in [0, 0.05) is 7.05 Å². The van der Waals surface area contributed by atoms with Crippen molar-refractivity contribution in [2.45, 2.75) is 20.4 Å². The van der Waals surface area contributed by atoms with E-state index in [0.29, 0.717) is 29.6 Å². The molecule has 25 heavy (non-hydrogen) atoms. The second kappa shape index (κ2) is 8.23. The first-order valence-electron chi connectivity index (χ1n) is 7.83. The predicted molar refractivity (Wildman–Crippen MR) is 90.0 cm³/mol. The molecule has 1 aromatic heterocycles. The fraction of sp³-hybridized carbons (Fsp3) is 0.333. The van der Waals surface area contributed by atoms with Gasteiger partial charge in [0.15, 0.2) is 18.1 Å². The number of hydrogen-bond acceptors (Lipinski definition) is 5. The molecule has 7 nitrogen and oxygen atoms in total. The molecule has 0 unspecified atom stereocenters. The van der Waals surface area contributed by atoms with Crippen LogP contribution in [-0.4, -0.2) is 42.1 Å². The van der Waals surface area contributed by atoms with Gasteiger partial charge in [0.2, 0.25) is 0 Å². The molecule has 0 atom stereocenters. The number of carboxylic acid groups (broad SMARTS) is 1. The van der Waals surface area contributed by atoms with Crippen LogP contribution in [0, 0.1) is 6.92 Å². The SMILES string of the molecule is CCOc1ccccc1OCC(=O)N(C)Cc1cc(C(=O)O)c(C)o1. The molecule has 0 spiro atoms. The molecule has 1 amide bonds. The molecule has 2 rings (SSSR count). The van der Waals surface area contributed by atoms with Crippen LogP contribution in [0.15, 0.2) is 34.7 Å². The molecular formula is C18H21NO6. The Morgan fingerprint density at radius 1 is 1.20 bits per heavy atom. The first-order valence-corrected chi connectivity index (χ1v) is 7.83. The van der Waals surface area contributed by atoms with Crippen LogP contribution < -0.4 is 9.47 Å². The van der Waals surface area contributed by atoms with Gasteiger partial charge >= 0.3 is 5.97 Å². The zero-order valence-corrected chi connectivity index (χ0v) is 14.4. The minimum Gasteiger partial charge on any atom is -0.490 e. The molecule has 0 bridgehead atoms. The third-order valence-corrected chi connectivity index (χ3v) is 3.52. The number of ether oxygens (including phenoxy) is 2. The van der Waals surface area contributed by atoms with Crippen molar-refractivity contribution in [3.8, 4) is 11.5 Å². The molecule has 0 aliphatic carbocycles. The normalized spacial score (nSPS) is 10.4. The van der Waals surface area contributed by atoms with Crippen LogP contribution in [0.4, 0.5) is 0 Å². The first kappa shape index (κ1) is 18.4. The van der Waals surface area contributed by atoms with E-state index in [1.54, 1.807) is 32.2 Å². The van der Waals surface area contributed by atoms with Crippen LogP contribution in [0.5, 0.6) is 11.5 Å². The van der Waals surface area contributed by atoms with Crippen LogP contribution in [0.1, 0.15) is 28.8 Å². The molecule has 7 heteroatoms. The summed E-state index contributed by atoms with van der Waals surface area (Å²) in [6.45, 7) is 3.93. The van der Waals surface area contributed by atoms with Crippen molar-refractivity contribution in [2.24, 2.45) is 0 Å². The Bertz CT molecular complexity index is 752. The minimum absolute atomic E-state index is 0.0951. The summed E-state index contributed by atoms with van der Waals surface area (Å²) in [6.07, 6.45) is 0. The first-order chi connectivity index (χ1) is 11.9. The Kier molecular flexibility index (Phi) is 6.05. The van der Waals surface area contributed by atoms with Gasteiger partial charge in [-0.3, -0.25) is 4.79 Å². The molecule has 0 aliphatic heterocycles. The van der Waals surface area contributed by atoms with Gasteiger partial charge in [0.25, 0.3) is 5.91 Å². The number of benzene rings is 1. The number of carboxylic acids is 1. The van der Waals surface area contributed by atoms with Gasteiger partial charge < -0.3 is 23.9 Å². The predicted octanol–water partition coefficient (Wildman–Crippen LogP) is 2.72. The van der Waals surface area contributed by atoms with Gasteiger partial charge in [-0.15, -0.1) is 0 Å². The minimum atomic E-state index is -1.06. The number of aromatic carboxylic acids is 1. The van der Waals surface area contributed by atoms with Crippen LogP contribution >= 0.6 is 0 Å². The van der Waals surface area contributed by atoms with Crippen molar-refractivity contribution in [2.75, 3.05) is 20.3 Å². The van der Waals surface area contributed by atoms with Gasteiger partial charge in [-0.05, 0) is 32.0 Å². The number of nitrogens with zero attached hydrogens (tertiary/aromatic N) is 1. The maximum absolute atomic E-state index is 12.2. The van der Waals surface area contributed by atoms with Gasteiger partial charge in [-0.25, -0.2) is 4.79 Å². The quantitative estimate of drug-likeness (QED) is 0.790. The van der Waals surface area contributed by atoms with Gasteiger partial charge in [-0.1, -0.05) is 12.1 Å². The maximum atomic E-state index is 12.2. The number of amides is 1. The number of carbonyl (C=O) groups excluding carboxylic acids is 1. The lowest BCUT2D eigenvalue weighted by molar-refractivity contribution is -0.132. The van der Waals surface area contributed by atoms with E-state index >= 15 is 0 Å². The summed E-state index contributed by atoms with van der Waals surface area (Å²) < 4.78 is 16.4. The molecule has 0 fully saturated rings. The summed E-state index contributed by atoms with van der Waals surface area (Å²) in [7, 11) is 1.60. The van der Waals surface area contributed by atoms with Crippen molar-refractivity contribution >= 4 is 11.9 Å². The number of rotatable bonds is 8.